The Labute approximate surface area is 116 Å². The smallest absolute Gasteiger partial charge is 0.223 e. The molecule has 1 amide bonds. The molecule has 2 fully saturated rings. The molecule has 2 atom stereocenters. The highest BCUT2D eigenvalue weighted by molar-refractivity contribution is 5.79. The van der Waals surface area contributed by atoms with Crippen LogP contribution in [-0.4, -0.2) is 30.7 Å². The van der Waals surface area contributed by atoms with E-state index in [0.717, 1.165) is 38.7 Å². The molecule has 110 valence electrons. The monoisotopic (exact) mass is 268 g/mol. The van der Waals surface area contributed by atoms with E-state index in [9.17, 15) is 4.79 Å². The molecule has 2 rings (SSSR count). The molecule has 4 nitrogen and oxygen atoms in total. The first-order valence-electron chi connectivity index (χ1n) is 7.62. The summed E-state index contributed by atoms with van der Waals surface area (Å²) in [5.41, 5.74) is 5.93. The Hall–Kier alpha value is -0.610. The molecule has 0 aromatic rings. The van der Waals surface area contributed by atoms with Crippen molar-refractivity contribution in [1.29, 1.82) is 0 Å². The van der Waals surface area contributed by atoms with Crippen LogP contribution >= 0.6 is 0 Å². The van der Waals surface area contributed by atoms with Crippen LogP contribution in [0.25, 0.3) is 0 Å². The predicted molar refractivity (Wildman–Crippen MR) is 75.7 cm³/mol. The molecule has 2 aliphatic carbocycles. The minimum Gasteiger partial charge on any atom is -0.378 e. The lowest BCUT2D eigenvalue weighted by molar-refractivity contribution is -0.140. The van der Waals surface area contributed by atoms with Crippen LogP contribution in [0.15, 0.2) is 0 Å². The van der Waals surface area contributed by atoms with Crippen molar-refractivity contribution in [2.45, 2.75) is 71.1 Å². The highest BCUT2D eigenvalue weighted by Gasteiger charge is 2.49. The number of ether oxygens (including phenoxy) is 1. The van der Waals surface area contributed by atoms with Crippen LogP contribution in [-0.2, 0) is 9.53 Å². The molecule has 0 aliphatic heterocycles. The number of nitrogens with two attached hydrogens (primary N) is 1. The molecule has 0 bridgehead atoms. The van der Waals surface area contributed by atoms with E-state index in [0.29, 0.717) is 6.04 Å². The lowest BCUT2D eigenvalue weighted by Gasteiger charge is -2.52. The van der Waals surface area contributed by atoms with E-state index in [4.69, 9.17) is 10.5 Å². The highest BCUT2D eigenvalue weighted by Crippen LogP contribution is 2.43. The molecule has 0 aromatic carbocycles. The number of hydrogen-bond acceptors (Lipinski definition) is 3. The molecular weight excluding hydrogens is 240 g/mol. The van der Waals surface area contributed by atoms with Gasteiger partial charge in [0, 0.05) is 30.0 Å². The molecule has 0 heterocycles. The van der Waals surface area contributed by atoms with Gasteiger partial charge in [0.15, 0.2) is 0 Å². The Morgan fingerprint density at radius 2 is 1.95 bits per heavy atom. The number of hydrogen-bond donors (Lipinski definition) is 2. The third-order valence-corrected chi connectivity index (χ3v) is 5.00. The first-order valence-corrected chi connectivity index (χ1v) is 7.62. The highest BCUT2D eigenvalue weighted by atomic mass is 16.5. The first kappa shape index (κ1) is 14.8. The van der Waals surface area contributed by atoms with Crippen LogP contribution in [0.4, 0.5) is 0 Å². The van der Waals surface area contributed by atoms with Gasteiger partial charge in [-0.3, -0.25) is 4.79 Å². The Balaban J connectivity index is 1.81. The Kier molecular flexibility index (Phi) is 4.51. The normalized spacial score (nSPS) is 37.5. The second kappa shape index (κ2) is 5.80. The maximum Gasteiger partial charge on any atom is 0.223 e. The van der Waals surface area contributed by atoms with E-state index in [1.807, 2.05) is 6.92 Å². The van der Waals surface area contributed by atoms with Gasteiger partial charge < -0.3 is 15.8 Å². The average Bonchev–Trinajstić information content (AvgIpc) is 2.38. The maximum absolute atomic E-state index is 12.3. The van der Waals surface area contributed by atoms with Gasteiger partial charge >= 0.3 is 0 Å². The molecular formula is C15H28N2O2. The molecule has 19 heavy (non-hydrogen) atoms. The molecule has 4 heteroatoms. The van der Waals surface area contributed by atoms with E-state index in [1.165, 1.54) is 0 Å². The summed E-state index contributed by atoms with van der Waals surface area (Å²) >= 11 is 0. The lowest BCUT2D eigenvalue weighted by Crippen LogP contribution is -2.62. The van der Waals surface area contributed by atoms with Crippen molar-refractivity contribution in [3.63, 3.8) is 0 Å². The van der Waals surface area contributed by atoms with E-state index in [2.05, 4.69) is 19.2 Å². The van der Waals surface area contributed by atoms with E-state index in [-0.39, 0.29) is 29.4 Å². The lowest BCUT2D eigenvalue weighted by atomic mass is 9.64. The van der Waals surface area contributed by atoms with Gasteiger partial charge in [-0.1, -0.05) is 13.8 Å². The van der Waals surface area contributed by atoms with Crippen LogP contribution in [0.1, 0.15) is 52.9 Å². The number of carbonyl (C=O) groups is 1. The van der Waals surface area contributed by atoms with Crippen molar-refractivity contribution in [2.75, 3.05) is 6.61 Å². The topological polar surface area (TPSA) is 64.3 Å². The van der Waals surface area contributed by atoms with E-state index in [1.54, 1.807) is 0 Å². The van der Waals surface area contributed by atoms with Crippen molar-refractivity contribution in [2.24, 2.45) is 17.1 Å². The first-order chi connectivity index (χ1) is 8.95. The van der Waals surface area contributed by atoms with Crippen molar-refractivity contribution in [3.05, 3.63) is 0 Å². The fourth-order valence-corrected chi connectivity index (χ4v) is 3.29. The second-order valence-electron chi connectivity index (χ2n) is 6.67. The van der Waals surface area contributed by atoms with Crippen LogP contribution < -0.4 is 11.1 Å². The van der Waals surface area contributed by atoms with Gasteiger partial charge in [0.05, 0.1) is 6.10 Å². The van der Waals surface area contributed by atoms with Crippen LogP contribution in [0.2, 0.25) is 0 Å². The van der Waals surface area contributed by atoms with Gasteiger partial charge in [0.2, 0.25) is 5.91 Å². The van der Waals surface area contributed by atoms with Gasteiger partial charge in [0.25, 0.3) is 0 Å². The second-order valence-corrected chi connectivity index (χ2v) is 6.67. The van der Waals surface area contributed by atoms with Gasteiger partial charge in [-0.25, -0.2) is 0 Å². The average molecular weight is 268 g/mol. The van der Waals surface area contributed by atoms with Crippen molar-refractivity contribution in [3.8, 4) is 0 Å². The number of rotatable bonds is 4. The fraction of sp³-hybridized carbons (Fsp3) is 0.933. The third kappa shape index (κ3) is 3.11. The molecule has 0 spiro atoms. The minimum atomic E-state index is 0.0523. The summed E-state index contributed by atoms with van der Waals surface area (Å²) in [7, 11) is 0. The summed E-state index contributed by atoms with van der Waals surface area (Å²) < 4.78 is 5.70. The largest absolute Gasteiger partial charge is 0.378 e. The molecule has 0 saturated heterocycles. The van der Waals surface area contributed by atoms with Crippen LogP contribution in [0, 0.1) is 11.3 Å². The van der Waals surface area contributed by atoms with Gasteiger partial charge in [-0.15, -0.1) is 0 Å². The maximum atomic E-state index is 12.3. The van der Waals surface area contributed by atoms with E-state index >= 15 is 0 Å². The number of nitrogens with one attached hydrogen (secondary N) is 1. The summed E-state index contributed by atoms with van der Waals surface area (Å²) in [5.74, 6) is 0.390. The van der Waals surface area contributed by atoms with Gasteiger partial charge in [-0.2, -0.15) is 0 Å². The molecule has 2 unspecified atom stereocenters. The van der Waals surface area contributed by atoms with Crippen LogP contribution in [0.3, 0.4) is 0 Å². The summed E-state index contributed by atoms with van der Waals surface area (Å²) in [6.07, 6.45) is 5.06. The fourth-order valence-electron chi connectivity index (χ4n) is 3.29. The Bertz CT molecular complexity index is 322. The molecule has 0 aromatic heterocycles. The Morgan fingerprint density at radius 3 is 2.47 bits per heavy atom. The van der Waals surface area contributed by atoms with E-state index < -0.39 is 0 Å². The molecule has 2 saturated carbocycles. The van der Waals surface area contributed by atoms with Crippen LogP contribution in [0.5, 0.6) is 0 Å². The van der Waals surface area contributed by atoms with Crippen molar-refractivity contribution >= 4 is 5.91 Å². The standard InChI is InChI=1S/C15H28N2O2/c1-4-19-13-9-12(15(13,2)3)17-14(18)10-5-7-11(16)8-6-10/h10-13H,4-9,16H2,1-3H3,(H,17,18). The van der Waals surface area contributed by atoms with Crippen molar-refractivity contribution in [1.82, 2.24) is 5.32 Å². The number of carbonyl (C=O) groups excluding carboxylic acids is 1. The van der Waals surface area contributed by atoms with Crippen molar-refractivity contribution < 1.29 is 9.53 Å². The Morgan fingerprint density at radius 1 is 1.32 bits per heavy atom. The molecule has 0 radical (unpaired) electrons. The third-order valence-electron chi connectivity index (χ3n) is 5.00. The number of amides is 1. The zero-order valence-corrected chi connectivity index (χ0v) is 12.4. The summed E-state index contributed by atoms with van der Waals surface area (Å²) in [5, 5.41) is 3.22. The molecule has 3 N–H and O–H groups in total. The SMILES string of the molecule is CCOC1CC(NC(=O)C2CCC(N)CC2)C1(C)C. The summed E-state index contributed by atoms with van der Waals surface area (Å²) in [4.78, 5) is 12.3. The predicted octanol–water partition coefficient (Wildman–Crippen LogP) is 1.82. The minimum absolute atomic E-state index is 0.0523. The quantitative estimate of drug-likeness (QED) is 0.817. The molecule has 2 aliphatic rings. The zero-order chi connectivity index (χ0) is 14.0. The van der Waals surface area contributed by atoms with Gasteiger partial charge in [-0.05, 0) is 39.0 Å². The summed E-state index contributed by atoms with van der Waals surface area (Å²) in [6, 6.07) is 0.554. The summed E-state index contributed by atoms with van der Waals surface area (Å²) in [6.45, 7) is 7.12. The van der Waals surface area contributed by atoms with Gasteiger partial charge in [0.1, 0.15) is 0 Å². The zero-order valence-electron chi connectivity index (χ0n) is 12.4.